The molecule has 152 valence electrons. The molecule has 4 rings (SSSR count). The third kappa shape index (κ3) is 4.21. The first kappa shape index (κ1) is 20.8. The first-order valence-corrected chi connectivity index (χ1v) is 11.8. The lowest BCUT2D eigenvalue weighted by Crippen LogP contribution is -2.31. The van der Waals surface area contributed by atoms with Gasteiger partial charge in [-0.05, 0) is 48.6 Å². The average molecular weight is 454 g/mol. The monoisotopic (exact) mass is 453 g/mol. The average Bonchev–Trinajstić information content (AvgIpc) is 3.22. The van der Waals surface area contributed by atoms with E-state index in [1.807, 2.05) is 61.5 Å². The molecule has 0 unspecified atom stereocenters. The number of anilines is 1. The summed E-state index contributed by atoms with van der Waals surface area (Å²) < 4.78 is 0.890. The van der Waals surface area contributed by atoms with Crippen LogP contribution in [0.4, 0.5) is 5.13 Å². The Morgan fingerprint density at radius 1 is 1.13 bits per heavy atom. The molecule has 2 heterocycles. The molecule has 0 radical (unpaired) electrons. The summed E-state index contributed by atoms with van der Waals surface area (Å²) in [5.41, 5.74) is 3.33. The molecule has 0 saturated heterocycles. The fraction of sp³-hybridized carbons (Fsp3) is 0.174. The molecule has 0 aliphatic heterocycles. The first-order chi connectivity index (χ1) is 14.6. The van der Waals surface area contributed by atoms with Crippen LogP contribution in [0.15, 0.2) is 65.7 Å². The Morgan fingerprint density at radius 3 is 2.67 bits per heavy atom. The van der Waals surface area contributed by atoms with Gasteiger partial charge in [0.15, 0.2) is 5.13 Å². The minimum absolute atomic E-state index is 0.0926. The lowest BCUT2D eigenvalue weighted by Gasteiger charge is -2.21. The maximum Gasteiger partial charge on any atom is 0.261 e. The van der Waals surface area contributed by atoms with Gasteiger partial charge in [-0.25, -0.2) is 4.98 Å². The number of carbonyl (C=O) groups excluding carboxylic acids is 1. The first-order valence-electron chi connectivity index (χ1n) is 9.57. The van der Waals surface area contributed by atoms with Crippen molar-refractivity contribution in [3.8, 4) is 0 Å². The highest BCUT2D eigenvalue weighted by Gasteiger charge is 2.25. The van der Waals surface area contributed by atoms with E-state index in [1.54, 1.807) is 22.9 Å². The smallest absolute Gasteiger partial charge is 0.261 e. The minimum Gasteiger partial charge on any atom is -0.278 e. The number of thiazole rings is 1. The number of fused-ring (bicyclic) bond motifs is 1. The van der Waals surface area contributed by atoms with E-state index in [0.717, 1.165) is 32.1 Å². The lowest BCUT2D eigenvalue weighted by molar-refractivity contribution is 0.0982. The summed E-state index contributed by atoms with van der Waals surface area (Å²) in [5, 5.41) is 1.26. The Balaban J connectivity index is 1.82. The van der Waals surface area contributed by atoms with Crippen LogP contribution >= 0.6 is 34.7 Å². The number of nitrogens with zero attached hydrogens (tertiary/aromatic N) is 3. The molecule has 0 saturated carbocycles. The van der Waals surface area contributed by atoms with Crippen LogP contribution in [0.25, 0.3) is 10.2 Å². The molecule has 0 bridgehead atoms. The van der Waals surface area contributed by atoms with Crippen LogP contribution in [0.1, 0.15) is 28.5 Å². The van der Waals surface area contributed by atoms with Gasteiger partial charge in [0.2, 0.25) is 0 Å². The Labute approximate surface area is 188 Å². The summed E-state index contributed by atoms with van der Waals surface area (Å²) in [6.07, 6.45) is 1.73. The fourth-order valence-corrected chi connectivity index (χ4v) is 5.27. The van der Waals surface area contributed by atoms with Crippen LogP contribution in [0.5, 0.6) is 0 Å². The van der Waals surface area contributed by atoms with E-state index in [-0.39, 0.29) is 5.91 Å². The molecule has 7 heteroatoms. The summed E-state index contributed by atoms with van der Waals surface area (Å²) in [7, 11) is 0. The van der Waals surface area contributed by atoms with Crippen LogP contribution < -0.4 is 4.90 Å². The molecular weight excluding hydrogens is 434 g/mol. The molecule has 1 amide bonds. The van der Waals surface area contributed by atoms with E-state index in [9.17, 15) is 4.79 Å². The Morgan fingerprint density at radius 2 is 1.93 bits per heavy atom. The number of rotatable bonds is 6. The van der Waals surface area contributed by atoms with Crippen molar-refractivity contribution in [3.05, 3.63) is 82.6 Å². The minimum atomic E-state index is -0.0926. The molecule has 0 aliphatic carbocycles. The van der Waals surface area contributed by atoms with E-state index in [2.05, 4.69) is 11.9 Å². The van der Waals surface area contributed by atoms with Crippen molar-refractivity contribution in [2.45, 2.75) is 25.3 Å². The number of hydrogen-bond donors (Lipinski definition) is 0. The maximum absolute atomic E-state index is 13.7. The molecule has 0 spiro atoms. The number of carbonyl (C=O) groups is 1. The van der Waals surface area contributed by atoms with Crippen molar-refractivity contribution in [2.75, 3.05) is 10.7 Å². The van der Waals surface area contributed by atoms with E-state index in [0.29, 0.717) is 22.3 Å². The van der Waals surface area contributed by atoms with Crippen LogP contribution in [-0.2, 0) is 6.54 Å². The zero-order valence-electron chi connectivity index (χ0n) is 16.6. The molecule has 0 N–H and O–H groups in total. The van der Waals surface area contributed by atoms with Gasteiger partial charge in [0.05, 0.1) is 33.0 Å². The molecule has 2 aromatic heterocycles. The van der Waals surface area contributed by atoms with Crippen molar-refractivity contribution >= 4 is 56.0 Å². The van der Waals surface area contributed by atoms with Gasteiger partial charge >= 0.3 is 0 Å². The standard InChI is InChI=1S/C23H20ClN3OS2/c1-3-29-19-10-5-4-9-17(19)22(28)27(14-16-8-6-7-13-25-16)23-26-20-15(2)11-12-18(24)21(20)30-23/h4-13H,3,14H2,1-2H3. The quantitative estimate of drug-likeness (QED) is 0.308. The van der Waals surface area contributed by atoms with Gasteiger partial charge in [0.1, 0.15) is 0 Å². The number of thioether (sulfide) groups is 1. The van der Waals surface area contributed by atoms with E-state index in [4.69, 9.17) is 16.6 Å². The SMILES string of the molecule is CCSc1ccccc1C(=O)N(Cc1ccccn1)c1nc2c(C)ccc(Cl)c2s1. The second kappa shape index (κ2) is 9.16. The molecule has 0 aliphatic rings. The highest BCUT2D eigenvalue weighted by atomic mass is 35.5. The van der Waals surface area contributed by atoms with Gasteiger partial charge in [-0.1, -0.05) is 54.1 Å². The molecule has 0 fully saturated rings. The van der Waals surface area contributed by atoms with Gasteiger partial charge in [-0.3, -0.25) is 14.7 Å². The molecule has 0 atom stereocenters. The van der Waals surface area contributed by atoms with Crippen LogP contribution in [-0.4, -0.2) is 21.6 Å². The predicted octanol–water partition coefficient (Wildman–Crippen LogP) is 6.61. The number of benzene rings is 2. The molecule has 30 heavy (non-hydrogen) atoms. The molecule has 4 aromatic rings. The number of hydrogen-bond acceptors (Lipinski definition) is 5. The van der Waals surface area contributed by atoms with Gasteiger partial charge < -0.3 is 0 Å². The highest BCUT2D eigenvalue weighted by Crippen LogP contribution is 2.37. The Kier molecular flexibility index (Phi) is 6.37. The topological polar surface area (TPSA) is 46.1 Å². The predicted molar refractivity (Wildman–Crippen MR) is 127 cm³/mol. The van der Waals surface area contributed by atoms with Crippen molar-refractivity contribution in [1.82, 2.24) is 9.97 Å². The largest absolute Gasteiger partial charge is 0.278 e. The number of halogens is 1. The van der Waals surface area contributed by atoms with Crippen LogP contribution in [0.2, 0.25) is 5.02 Å². The number of aryl methyl sites for hydroxylation is 1. The van der Waals surface area contributed by atoms with Crippen molar-refractivity contribution in [2.24, 2.45) is 0 Å². The summed E-state index contributed by atoms with van der Waals surface area (Å²) in [4.78, 5) is 25.6. The third-order valence-electron chi connectivity index (χ3n) is 4.63. The van der Waals surface area contributed by atoms with Gasteiger partial charge in [0, 0.05) is 11.1 Å². The fourth-order valence-electron chi connectivity index (χ4n) is 3.16. The number of pyridine rings is 1. The van der Waals surface area contributed by atoms with Gasteiger partial charge in [0.25, 0.3) is 5.91 Å². The summed E-state index contributed by atoms with van der Waals surface area (Å²) in [5.74, 6) is 0.797. The summed E-state index contributed by atoms with van der Waals surface area (Å²) in [6, 6.07) is 17.2. The van der Waals surface area contributed by atoms with Crippen LogP contribution in [0, 0.1) is 6.92 Å². The second-order valence-corrected chi connectivity index (χ2v) is 9.37. The van der Waals surface area contributed by atoms with E-state index < -0.39 is 0 Å². The highest BCUT2D eigenvalue weighted by molar-refractivity contribution is 7.99. The Bertz CT molecular complexity index is 1150. The number of amides is 1. The second-order valence-electron chi connectivity index (χ2n) is 6.68. The van der Waals surface area contributed by atoms with E-state index >= 15 is 0 Å². The zero-order chi connectivity index (χ0) is 21.1. The van der Waals surface area contributed by atoms with E-state index in [1.165, 1.54) is 11.3 Å². The normalized spacial score (nSPS) is 11.0. The molecule has 2 aromatic carbocycles. The maximum atomic E-state index is 13.7. The van der Waals surface area contributed by atoms with Gasteiger partial charge in [-0.2, -0.15) is 0 Å². The lowest BCUT2D eigenvalue weighted by atomic mass is 10.2. The van der Waals surface area contributed by atoms with Crippen molar-refractivity contribution in [3.63, 3.8) is 0 Å². The van der Waals surface area contributed by atoms with Crippen LogP contribution in [0.3, 0.4) is 0 Å². The van der Waals surface area contributed by atoms with Crippen molar-refractivity contribution < 1.29 is 4.79 Å². The summed E-state index contributed by atoms with van der Waals surface area (Å²) in [6.45, 7) is 4.41. The van der Waals surface area contributed by atoms with Gasteiger partial charge in [-0.15, -0.1) is 11.8 Å². The molecule has 4 nitrogen and oxygen atoms in total. The zero-order valence-corrected chi connectivity index (χ0v) is 19.0. The Hall–Kier alpha value is -2.41. The number of aromatic nitrogens is 2. The molecular formula is C23H20ClN3OS2. The van der Waals surface area contributed by atoms with Crippen molar-refractivity contribution in [1.29, 1.82) is 0 Å². The third-order valence-corrected chi connectivity index (χ3v) is 7.12. The summed E-state index contributed by atoms with van der Waals surface area (Å²) >= 11 is 9.51.